The molecule has 2 N–H and O–H groups in total. The standard InChI is InChI=1S/C21H20FN9O6/c1-36-18-13(10-16(30(32)33)11-17(18)31(34)35)12-23-28-20-25-19(24-15-4-2-14(22)3-5-15)26-21(27-20)29-6-8-37-9-7-29/h2-5,10-12H,6-9H2,1H3,(H2,24,25,26,27,28)/b23-12-. The zero-order chi connectivity index (χ0) is 26.4. The van der Waals surface area contributed by atoms with Crippen LogP contribution >= 0.6 is 0 Å². The summed E-state index contributed by atoms with van der Waals surface area (Å²) in [6, 6.07) is 7.48. The number of nitrogens with one attached hydrogen (secondary N) is 2. The van der Waals surface area contributed by atoms with Crippen LogP contribution in [0.3, 0.4) is 0 Å². The maximum Gasteiger partial charge on any atom is 0.318 e. The number of methoxy groups -OCH3 is 1. The molecule has 0 radical (unpaired) electrons. The van der Waals surface area contributed by atoms with Crippen LogP contribution in [0.4, 0.5) is 39.3 Å². The zero-order valence-electron chi connectivity index (χ0n) is 19.3. The number of aromatic nitrogens is 3. The summed E-state index contributed by atoms with van der Waals surface area (Å²) in [6.45, 7) is 2.05. The molecule has 37 heavy (non-hydrogen) atoms. The number of halogens is 1. The Kier molecular flexibility index (Phi) is 7.58. The number of rotatable bonds is 9. The Morgan fingerprint density at radius 3 is 2.43 bits per heavy atom. The summed E-state index contributed by atoms with van der Waals surface area (Å²) in [5.41, 5.74) is 2.04. The van der Waals surface area contributed by atoms with Gasteiger partial charge in [0.25, 0.3) is 5.69 Å². The molecule has 0 bridgehead atoms. The molecule has 2 aromatic carbocycles. The van der Waals surface area contributed by atoms with Crippen molar-refractivity contribution in [3.8, 4) is 5.75 Å². The van der Waals surface area contributed by atoms with Crippen LogP contribution in [0, 0.1) is 26.0 Å². The van der Waals surface area contributed by atoms with Gasteiger partial charge in [0, 0.05) is 24.8 Å². The van der Waals surface area contributed by atoms with Crippen LogP contribution in [0.15, 0.2) is 41.5 Å². The second-order valence-corrected chi connectivity index (χ2v) is 7.49. The molecule has 1 fully saturated rings. The van der Waals surface area contributed by atoms with Crippen molar-refractivity contribution in [3.05, 3.63) is 68.0 Å². The lowest BCUT2D eigenvalue weighted by Gasteiger charge is -2.27. The summed E-state index contributed by atoms with van der Waals surface area (Å²) < 4.78 is 23.7. The maximum atomic E-state index is 13.3. The van der Waals surface area contributed by atoms with Crippen LogP contribution in [-0.2, 0) is 4.74 Å². The Labute approximate surface area is 208 Å². The van der Waals surface area contributed by atoms with Gasteiger partial charge in [-0.25, -0.2) is 9.82 Å². The summed E-state index contributed by atoms with van der Waals surface area (Å²) >= 11 is 0. The highest BCUT2D eigenvalue weighted by molar-refractivity contribution is 5.87. The molecule has 3 aromatic rings. The first-order chi connectivity index (χ1) is 17.8. The number of hydrazone groups is 1. The van der Waals surface area contributed by atoms with Crippen LogP contribution in [-0.4, -0.2) is 64.4 Å². The summed E-state index contributed by atoms with van der Waals surface area (Å²) in [4.78, 5) is 36.0. The lowest BCUT2D eigenvalue weighted by atomic mass is 10.1. The average molecular weight is 513 g/mol. The van der Waals surface area contributed by atoms with E-state index in [-0.39, 0.29) is 23.2 Å². The number of nitro groups is 2. The van der Waals surface area contributed by atoms with E-state index in [9.17, 15) is 24.6 Å². The van der Waals surface area contributed by atoms with Gasteiger partial charge in [0.1, 0.15) is 5.82 Å². The third-order valence-electron chi connectivity index (χ3n) is 5.08. The topological polar surface area (TPSA) is 183 Å². The number of benzene rings is 2. The molecule has 1 aromatic heterocycles. The molecule has 192 valence electrons. The summed E-state index contributed by atoms with van der Waals surface area (Å²) in [6.07, 6.45) is 1.12. The number of hydrogen-bond donors (Lipinski definition) is 2. The van der Waals surface area contributed by atoms with Gasteiger partial charge >= 0.3 is 5.69 Å². The Morgan fingerprint density at radius 1 is 1.08 bits per heavy atom. The van der Waals surface area contributed by atoms with Crippen LogP contribution < -0.4 is 20.4 Å². The van der Waals surface area contributed by atoms with Gasteiger partial charge in [-0.1, -0.05) is 0 Å². The van der Waals surface area contributed by atoms with Crippen LogP contribution in [0.2, 0.25) is 0 Å². The van der Waals surface area contributed by atoms with Crippen molar-refractivity contribution in [2.24, 2.45) is 5.10 Å². The van der Waals surface area contributed by atoms with Crippen molar-refractivity contribution in [2.75, 3.05) is 49.1 Å². The van der Waals surface area contributed by atoms with Crippen LogP contribution in [0.25, 0.3) is 0 Å². The monoisotopic (exact) mass is 513 g/mol. The number of hydrogen-bond acceptors (Lipinski definition) is 13. The molecule has 4 rings (SSSR count). The SMILES string of the molecule is COc1c(/C=N\Nc2nc(Nc3ccc(F)cc3)nc(N3CCOCC3)n2)cc([N+](=O)[O-])cc1[N+](=O)[O-]. The first-order valence-corrected chi connectivity index (χ1v) is 10.8. The van der Waals surface area contributed by atoms with Gasteiger partial charge in [0.15, 0.2) is 0 Å². The van der Waals surface area contributed by atoms with E-state index in [0.29, 0.717) is 37.9 Å². The number of nitro benzene ring substituents is 2. The van der Waals surface area contributed by atoms with E-state index in [2.05, 4.69) is 30.8 Å². The van der Waals surface area contributed by atoms with Gasteiger partial charge < -0.3 is 19.7 Å². The highest BCUT2D eigenvalue weighted by Crippen LogP contribution is 2.34. The van der Waals surface area contributed by atoms with Crippen molar-refractivity contribution < 1.29 is 23.7 Å². The summed E-state index contributed by atoms with van der Waals surface area (Å²) in [7, 11) is 1.20. The highest BCUT2D eigenvalue weighted by atomic mass is 19.1. The van der Waals surface area contributed by atoms with Gasteiger partial charge in [-0.3, -0.25) is 20.2 Å². The summed E-state index contributed by atoms with van der Waals surface area (Å²) in [5.74, 6) is -0.127. The molecule has 0 aliphatic carbocycles. The Morgan fingerprint density at radius 2 is 1.78 bits per heavy atom. The summed E-state index contributed by atoms with van der Waals surface area (Å²) in [5, 5.41) is 29.6. The minimum absolute atomic E-state index is 0.0104. The van der Waals surface area contributed by atoms with E-state index in [1.165, 1.54) is 31.4 Å². The van der Waals surface area contributed by atoms with Gasteiger partial charge in [-0.2, -0.15) is 20.1 Å². The fourth-order valence-corrected chi connectivity index (χ4v) is 3.38. The van der Waals surface area contributed by atoms with Gasteiger partial charge in [-0.15, -0.1) is 0 Å². The quantitative estimate of drug-likeness (QED) is 0.243. The number of non-ortho nitro benzene ring substituents is 1. The van der Waals surface area contributed by atoms with Crippen LogP contribution in [0.5, 0.6) is 5.75 Å². The third-order valence-corrected chi connectivity index (χ3v) is 5.08. The fraction of sp³-hybridized carbons (Fsp3) is 0.238. The first kappa shape index (κ1) is 25.1. The third kappa shape index (κ3) is 6.17. The highest BCUT2D eigenvalue weighted by Gasteiger charge is 2.24. The molecule has 0 atom stereocenters. The zero-order valence-corrected chi connectivity index (χ0v) is 19.3. The average Bonchev–Trinajstić information content (AvgIpc) is 2.90. The molecule has 2 heterocycles. The van der Waals surface area contributed by atoms with E-state index >= 15 is 0 Å². The molecule has 1 saturated heterocycles. The van der Waals surface area contributed by atoms with E-state index in [4.69, 9.17) is 9.47 Å². The fourth-order valence-electron chi connectivity index (χ4n) is 3.38. The molecule has 0 saturated carbocycles. The van der Waals surface area contributed by atoms with Gasteiger partial charge in [-0.05, 0) is 24.3 Å². The van der Waals surface area contributed by atoms with E-state index < -0.39 is 27.0 Å². The molecule has 15 nitrogen and oxygen atoms in total. The van der Waals surface area contributed by atoms with Crippen molar-refractivity contribution in [2.45, 2.75) is 0 Å². The normalized spacial score (nSPS) is 13.4. The van der Waals surface area contributed by atoms with Crippen molar-refractivity contribution >= 4 is 41.1 Å². The number of anilines is 4. The molecular weight excluding hydrogens is 493 g/mol. The van der Waals surface area contributed by atoms with E-state index in [0.717, 1.165) is 18.3 Å². The molecule has 1 aliphatic heterocycles. The van der Waals surface area contributed by atoms with E-state index in [1.807, 2.05) is 4.90 Å². The number of ether oxygens (including phenoxy) is 2. The number of nitrogens with zero attached hydrogens (tertiary/aromatic N) is 7. The maximum absolute atomic E-state index is 13.3. The second-order valence-electron chi connectivity index (χ2n) is 7.49. The smallest absolute Gasteiger partial charge is 0.318 e. The number of morpholine rings is 1. The molecule has 16 heteroatoms. The molecular formula is C21H20FN9O6. The van der Waals surface area contributed by atoms with Crippen molar-refractivity contribution in [1.29, 1.82) is 0 Å². The lowest BCUT2D eigenvalue weighted by Crippen LogP contribution is -2.37. The van der Waals surface area contributed by atoms with Gasteiger partial charge in [0.05, 0.1) is 48.0 Å². The molecule has 0 spiro atoms. The Balaban J connectivity index is 1.64. The van der Waals surface area contributed by atoms with Crippen molar-refractivity contribution in [1.82, 2.24) is 15.0 Å². The lowest BCUT2D eigenvalue weighted by molar-refractivity contribution is -0.394. The molecule has 0 amide bonds. The Bertz CT molecular complexity index is 1330. The Hall–Kier alpha value is -4.99. The second kappa shape index (κ2) is 11.2. The predicted molar refractivity (Wildman–Crippen MR) is 130 cm³/mol. The largest absolute Gasteiger partial charge is 0.490 e. The van der Waals surface area contributed by atoms with Crippen LogP contribution in [0.1, 0.15) is 5.56 Å². The minimum atomic E-state index is -0.787. The van der Waals surface area contributed by atoms with Crippen molar-refractivity contribution in [3.63, 3.8) is 0 Å². The van der Waals surface area contributed by atoms with E-state index in [1.54, 1.807) is 0 Å². The minimum Gasteiger partial charge on any atom is -0.490 e. The predicted octanol–water partition coefficient (Wildman–Crippen LogP) is 2.86. The molecule has 0 unspecified atom stereocenters. The molecule has 1 aliphatic rings. The van der Waals surface area contributed by atoms with Gasteiger partial charge in [0.2, 0.25) is 23.6 Å². The first-order valence-electron chi connectivity index (χ1n) is 10.8.